The van der Waals surface area contributed by atoms with Crippen molar-refractivity contribution in [2.75, 3.05) is 13.7 Å². The molecule has 0 aromatic rings. The van der Waals surface area contributed by atoms with E-state index in [1.165, 1.54) is 6.42 Å². The first-order chi connectivity index (χ1) is 7.06. The van der Waals surface area contributed by atoms with E-state index in [1.54, 1.807) is 0 Å². The SMILES string of the molecule is CCOC(=O)C1(NC)CC(C)CCC1C. The van der Waals surface area contributed by atoms with E-state index in [0.717, 1.165) is 12.8 Å². The van der Waals surface area contributed by atoms with Crippen LogP contribution in [0.5, 0.6) is 0 Å². The summed E-state index contributed by atoms with van der Waals surface area (Å²) in [6, 6.07) is 0. The molecule has 0 aliphatic heterocycles. The predicted molar refractivity (Wildman–Crippen MR) is 60.6 cm³/mol. The van der Waals surface area contributed by atoms with Crippen LogP contribution in [0.2, 0.25) is 0 Å². The van der Waals surface area contributed by atoms with Gasteiger partial charge >= 0.3 is 5.97 Å². The Balaban J connectivity index is 2.84. The quantitative estimate of drug-likeness (QED) is 0.728. The first-order valence-corrected chi connectivity index (χ1v) is 5.93. The van der Waals surface area contributed by atoms with E-state index >= 15 is 0 Å². The normalized spacial score (nSPS) is 36.3. The highest BCUT2D eigenvalue weighted by Gasteiger charge is 2.46. The van der Waals surface area contributed by atoms with Crippen molar-refractivity contribution in [2.45, 2.75) is 45.6 Å². The predicted octanol–water partition coefficient (Wildman–Crippen LogP) is 1.96. The fourth-order valence-corrected chi connectivity index (χ4v) is 2.63. The van der Waals surface area contributed by atoms with Crippen molar-refractivity contribution in [1.82, 2.24) is 5.32 Å². The zero-order valence-corrected chi connectivity index (χ0v) is 10.3. The molecule has 15 heavy (non-hydrogen) atoms. The second-order valence-corrected chi connectivity index (χ2v) is 4.73. The molecule has 88 valence electrons. The highest BCUT2D eigenvalue weighted by molar-refractivity contribution is 5.81. The van der Waals surface area contributed by atoms with E-state index in [1.807, 2.05) is 14.0 Å². The standard InChI is InChI=1S/C12H23NO2/c1-5-15-11(14)12(13-4)8-9(2)6-7-10(12)3/h9-10,13H,5-8H2,1-4H3. The monoisotopic (exact) mass is 213 g/mol. The molecule has 0 heterocycles. The lowest BCUT2D eigenvalue weighted by atomic mass is 9.69. The molecule has 1 fully saturated rings. The average Bonchev–Trinajstić information content (AvgIpc) is 2.22. The first kappa shape index (κ1) is 12.5. The van der Waals surface area contributed by atoms with Gasteiger partial charge in [-0.3, -0.25) is 4.79 Å². The fourth-order valence-electron chi connectivity index (χ4n) is 2.63. The van der Waals surface area contributed by atoms with E-state index in [9.17, 15) is 4.79 Å². The van der Waals surface area contributed by atoms with Crippen LogP contribution in [0.1, 0.15) is 40.0 Å². The van der Waals surface area contributed by atoms with E-state index in [2.05, 4.69) is 19.2 Å². The van der Waals surface area contributed by atoms with Crippen molar-refractivity contribution < 1.29 is 9.53 Å². The molecule has 1 aliphatic rings. The number of ether oxygens (including phenoxy) is 1. The Morgan fingerprint density at radius 3 is 2.67 bits per heavy atom. The Morgan fingerprint density at radius 1 is 1.47 bits per heavy atom. The lowest BCUT2D eigenvalue weighted by Gasteiger charge is -2.42. The van der Waals surface area contributed by atoms with Crippen molar-refractivity contribution in [1.29, 1.82) is 0 Å². The van der Waals surface area contributed by atoms with Crippen molar-refractivity contribution in [2.24, 2.45) is 11.8 Å². The van der Waals surface area contributed by atoms with Crippen molar-refractivity contribution in [3.05, 3.63) is 0 Å². The molecule has 0 spiro atoms. The molecule has 0 bridgehead atoms. The molecule has 3 heteroatoms. The molecule has 0 aromatic carbocycles. The first-order valence-electron chi connectivity index (χ1n) is 5.93. The maximum absolute atomic E-state index is 12.0. The Bertz CT molecular complexity index is 230. The van der Waals surface area contributed by atoms with Crippen molar-refractivity contribution >= 4 is 5.97 Å². The number of carbonyl (C=O) groups is 1. The summed E-state index contributed by atoms with van der Waals surface area (Å²) in [4.78, 5) is 12.0. The Hall–Kier alpha value is -0.570. The zero-order valence-electron chi connectivity index (χ0n) is 10.3. The number of hydrogen-bond donors (Lipinski definition) is 1. The van der Waals surface area contributed by atoms with E-state index in [0.29, 0.717) is 18.4 Å². The molecule has 1 rings (SSSR count). The van der Waals surface area contributed by atoms with Crippen LogP contribution >= 0.6 is 0 Å². The van der Waals surface area contributed by atoms with E-state index in [4.69, 9.17) is 4.74 Å². The van der Waals surface area contributed by atoms with Gasteiger partial charge in [0.2, 0.25) is 0 Å². The summed E-state index contributed by atoms with van der Waals surface area (Å²) in [5.41, 5.74) is -0.451. The Kier molecular flexibility index (Phi) is 4.14. The molecule has 0 aromatic heterocycles. The molecular weight excluding hydrogens is 190 g/mol. The van der Waals surface area contributed by atoms with Crippen LogP contribution in [-0.2, 0) is 9.53 Å². The van der Waals surface area contributed by atoms with Crippen LogP contribution in [0.3, 0.4) is 0 Å². The van der Waals surface area contributed by atoms with Gasteiger partial charge in [-0.2, -0.15) is 0 Å². The summed E-state index contributed by atoms with van der Waals surface area (Å²) < 4.78 is 5.19. The van der Waals surface area contributed by atoms with Crippen molar-refractivity contribution in [3.8, 4) is 0 Å². The summed E-state index contributed by atoms with van der Waals surface area (Å²) in [5.74, 6) is 0.877. The topological polar surface area (TPSA) is 38.3 Å². The third-order valence-corrected chi connectivity index (χ3v) is 3.69. The van der Waals surface area contributed by atoms with Gasteiger partial charge in [0.25, 0.3) is 0 Å². The fraction of sp³-hybridized carbons (Fsp3) is 0.917. The number of carbonyl (C=O) groups excluding carboxylic acids is 1. The number of hydrogen-bond acceptors (Lipinski definition) is 3. The van der Waals surface area contributed by atoms with E-state index in [-0.39, 0.29) is 5.97 Å². The van der Waals surface area contributed by atoms with Gasteiger partial charge in [0, 0.05) is 0 Å². The van der Waals surface area contributed by atoms with Gasteiger partial charge in [-0.1, -0.05) is 20.3 Å². The van der Waals surface area contributed by atoms with Crippen LogP contribution in [0.25, 0.3) is 0 Å². The van der Waals surface area contributed by atoms with Gasteiger partial charge in [0.05, 0.1) is 6.61 Å². The molecule has 3 unspecified atom stereocenters. The summed E-state index contributed by atoms with van der Waals surface area (Å²) in [6.45, 7) is 6.66. The van der Waals surface area contributed by atoms with Crippen LogP contribution < -0.4 is 5.32 Å². The summed E-state index contributed by atoms with van der Waals surface area (Å²) in [5, 5.41) is 3.21. The number of likely N-dealkylation sites (N-methyl/N-ethyl adjacent to an activating group) is 1. The van der Waals surface area contributed by atoms with Crippen molar-refractivity contribution in [3.63, 3.8) is 0 Å². The van der Waals surface area contributed by atoms with Gasteiger partial charge in [-0.25, -0.2) is 0 Å². The number of esters is 1. The van der Waals surface area contributed by atoms with Gasteiger partial charge in [0.15, 0.2) is 0 Å². The van der Waals surface area contributed by atoms with Gasteiger partial charge in [0.1, 0.15) is 5.54 Å². The Labute approximate surface area is 92.6 Å². The van der Waals surface area contributed by atoms with Gasteiger partial charge in [-0.05, 0) is 38.6 Å². The van der Waals surface area contributed by atoms with Crippen LogP contribution in [0.4, 0.5) is 0 Å². The minimum Gasteiger partial charge on any atom is -0.465 e. The zero-order chi connectivity index (χ0) is 11.5. The maximum Gasteiger partial charge on any atom is 0.326 e. The minimum absolute atomic E-state index is 0.0773. The third-order valence-electron chi connectivity index (χ3n) is 3.69. The van der Waals surface area contributed by atoms with Crippen LogP contribution in [0, 0.1) is 11.8 Å². The lowest BCUT2D eigenvalue weighted by Crippen LogP contribution is -2.58. The molecule has 0 amide bonds. The summed E-state index contributed by atoms with van der Waals surface area (Å²) in [6.07, 6.45) is 3.20. The second-order valence-electron chi connectivity index (χ2n) is 4.73. The second kappa shape index (κ2) is 4.97. The molecule has 1 saturated carbocycles. The molecular formula is C12H23NO2. The maximum atomic E-state index is 12.0. The molecule has 0 saturated heterocycles. The number of nitrogens with one attached hydrogen (secondary N) is 1. The van der Waals surface area contributed by atoms with Crippen LogP contribution in [-0.4, -0.2) is 25.2 Å². The van der Waals surface area contributed by atoms with Gasteiger partial charge in [-0.15, -0.1) is 0 Å². The van der Waals surface area contributed by atoms with Gasteiger partial charge < -0.3 is 10.1 Å². The minimum atomic E-state index is -0.451. The largest absolute Gasteiger partial charge is 0.465 e. The summed E-state index contributed by atoms with van der Waals surface area (Å²) in [7, 11) is 1.87. The lowest BCUT2D eigenvalue weighted by molar-refractivity contribution is -0.156. The van der Waals surface area contributed by atoms with Crippen LogP contribution in [0.15, 0.2) is 0 Å². The van der Waals surface area contributed by atoms with E-state index < -0.39 is 5.54 Å². The highest BCUT2D eigenvalue weighted by atomic mass is 16.5. The molecule has 1 aliphatic carbocycles. The molecule has 0 radical (unpaired) electrons. The molecule has 3 atom stereocenters. The number of rotatable bonds is 3. The molecule has 3 nitrogen and oxygen atoms in total. The molecule has 1 N–H and O–H groups in total. The highest BCUT2D eigenvalue weighted by Crippen LogP contribution is 2.37. The Morgan fingerprint density at radius 2 is 2.13 bits per heavy atom. The summed E-state index contributed by atoms with van der Waals surface area (Å²) >= 11 is 0. The third kappa shape index (κ3) is 2.33. The smallest absolute Gasteiger partial charge is 0.326 e. The average molecular weight is 213 g/mol.